The summed E-state index contributed by atoms with van der Waals surface area (Å²) in [5.41, 5.74) is 0.572. The highest BCUT2D eigenvalue weighted by atomic mass is 16.5. The SMILES string of the molecule is C=C(C=O)[C@@H]1CCC2(C(=O)OC)CC[C@]3(C)C(CCC4C5(C)CCC(OC(C)=O)C(C)(C)C5CCC43C)C12. The van der Waals surface area contributed by atoms with Crippen molar-refractivity contribution in [3.63, 3.8) is 0 Å². The van der Waals surface area contributed by atoms with Crippen LogP contribution in [0, 0.1) is 56.7 Å². The van der Waals surface area contributed by atoms with E-state index in [2.05, 4.69) is 41.2 Å². The molecule has 0 bridgehead atoms. The van der Waals surface area contributed by atoms with E-state index in [1.807, 2.05) is 0 Å². The molecule has 5 aliphatic carbocycles. The van der Waals surface area contributed by atoms with Gasteiger partial charge in [0, 0.05) is 12.3 Å². The molecule has 5 heteroatoms. The van der Waals surface area contributed by atoms with E-state index in [1.165, 1.54) is 20.5 Å². The summed E-state index contributed by atoms with van der Waals surface area (Å²) in [6.07, 6.45) is 11.1. The Morgan fingerprint density at radius 2 is 1.55 bits per heavy atom. The number of rotatable bonds is 4. The lowest BCUT2D eigenvalue weighted by Gasteiger charge is -2.72. The van der Waals surface area contributed by atoms with Gasteiger partial charge in [0.15, 0.2) is 0 Å². The van der Waals surface area contributed by atoms with Crippen LogP contribution in [-0.2, 0) is 23.9 Å². The smallest absolute Gasteiger partial charge is 0.312 e. The first-order chi connectivity index (χ1) is 17.7. The molecule has 0 heterocycles. The third kappa shape index (κ3) is 3.44. The van der Waals surface area contributed by atoms with Crippen LogP contribution < -0.4 is 0 Å². The number of allylic oxidation sites excluding steroid dienone is 1. The zero-order valence-corrected chi connectivity index (χ0v) is 24.9. The van der Waals surface area contributed by atoms with Gasteiger partial charge in [-0.05, 0) is 116 Å². The molecule has 0 radical (unpaired) electrons. The number of fused-ring (bicyclic) bond motifs is 7. The summed E-state index contributed by atoms with van der Waals surface area (Å²) in [5.74, 6) is 1.45. The van der Waals surface area contributed by atoms with Crippen LogP contribution in [0.5, 0.6) is 0 Å². The number of aldehydes is 1. The Hall–Kier alpha value is -1.65. The van der Waals surface area contributed by atoms with Crippen LogP contribution in [0.1, 0.15) is 106 Å². The van der Waals surface area contributed by atoms with Gasteiger partial charge in [0.05, 0.1) is 12.5 Å². The monoisotopic (exact) mass is 526 g/mol. The number of methoxy groups -OCH3 is 1. The second kappa shape index (κ2) is 8.93. The molecule has 38 heavy (non-hydrogen) atoms. The summed E-state index contributed by atoms with van der Waals surface area (Å²) in [4.78, 5) is 37.3. The highest BCUT2D eigenvalue weighted by Gasteiger charge is 2.72. The Morgan fingerprint density at radius 3 is 2.18 bits per heavy atom. The lowest BCUT2D eigenvalue weighted by Crippen LogP contribution is -2.67. The number of esters is 2. The van der Waals surface area contributed by atoms with E-state index in [-0.39, 0.29) is 51.5 Å². The minimum absolute atomic E-state index is 0.0155. The van der Waals surface area contributed by atoms with Crippen LogP contribution >= 0.6 is 0 Å². The third-order valence-electron chi connectivity index (χ3n) is 13.9. The maximum absolute atomic E-state index is 13.4. The molecule has 8 unspecified atom stereocenters. The highest BCUT2D eigenvalue weighted by molar-refractivity contribution is 5.80. The Labute approximate surface area is 229 Å². The van der Waals surface area contributed by atoms with Crippen molar-refractivity contribution < 1.29 is 23.9 Å². The number of carbonyl (C=O) groups excluding carboxylic acids is 3. The topological polar surface area (TPSA) is 69.7 Å². The van der Waals surface area contributed by atoms with Crippen molar-refractivity contribution in [3.05, 3.63) is 12.2 Å². The number of ether oxygens (including phenoxy) is 2. The van der Waals surface area contributed by atoms with Crippen LogP contribution in [-0.4, -0.2) is 31.4 Å². The van der Waals surface area contributed by atoms with Crippen molar-refractivity contribution >= 4 is 18.2 Å². The van der Waals surface area contributed by atoms with Gasteiger partial charge >= 0.3 is 11.9 Å². The summed E-state index contributed by atoms with van der Waals surface area (Å²) in [5, 5.41) is 0. The maximum atomic E-state index is 13.4. The average Bonchev–Trinajstić information content (AvgIpc) is 3.26. The van der Waals surface area contributed by atoms with Crippen molar-refractivity contribution in [2.24, 2.45) is 56.7 Å². The van der Waals surface area contributed by atoms with E-state index in [9.17, 15) is 14.4 Å². The molecule has 10 atom stereocenters. The molecule has 5 aliphatic rings. The van der Waals surface area contributed by atoms with Crippen molar-refractivity contribution in [3.8, 4) is 0 Å². The Kier molecular flexibility index (Phi) is 6.56. The van der Waals surface area contributed by atoms with E-state index in [4.69, 9.17) is 9.47 Å². The van der Waals surface area contributed by atoms with E-state index in [0.717, 1.165) is 64.1 Å². The van der Waals surface area contributed by atoms with Gasteiger partial charge in [-0.1, -0.05) is 41.2 Å². The summed E-state index contributed by atoms with van der Waals surface area (Å²) in [6.45, 7) is 18.0. The van der Waals surface area contributed by atoms with Crippen molar-refractivity contribution in [2.75, 3.05) is 7.11 Å². The van der Waals surface area contributed by atoms with Crippen LogP contribution in [0.2, 0.25) is 0 Å². The summed E-state index contributed by atoms with van der Waals surface area (Å²) < 4.78 is 11.3. The number of carbonyl (C=O) groups is 3. The number of hydrogen-bond donors (Lipinski definition) is 0. The first kappa shape index (κ1) is 27.9. The van der Waals surface area contributed by atoms with E-state index >= 15 is 0 Å². The van der Waals surface area contributed by atoms with Gasteiger partial charge in [0.1, 0.15) is 12.4 Å². The highest BCUT2D eigenvalue weighted by Crippen LogP contribution is 2.77. The molecule has 0 amide bonds. The molecule has 5 saturated carbocycles. The van der Waals surface area contributed by atoms with Gasteiger partial charge in [0.25, 0.3) is 0 Å². The normalized spacial score (nSPS) is 48.9. The first-order valence-electron chi connectivity index (χ1n) is 15.1. The predicted octanol–water partition coefficient (Wildman–Crippen LogP) is 6.93. The molecule has 0 aromatic rings. The van der Waals surface area contributed by atoms with Crippen molar-refractivity contribution in [1.29, 1.82) is 0 Å². The van der Waals surface area contributed by atoms with Crippen molar-refractivity contribution in [1.82, 2.24) is 0 Å². The van der Waals surface area contributed by atoms with Crippen molar-refractivity contribution in [2.45, 2.75) is 112 Å². The largest absolute Gasteiger partial charge is 0.469 e. The predicted molar refractivity (Wildman–Crippen MR) is 147 cm³/mol. The molecule has 0 aliphatic heterocycles. The molecule has 5 nitrogen and oxygen atoms in total. The minimum Gasteiger partial charge on any atom is -0.469 e. The molecular weight excluding hydrogens is 476 g/mol. The zero-order valence-electron chi connectivity index (χ0n) is 24.9. The molecule has 212 valence electrons. The Balaban J connectivity index is 1.53. The van der Waals surface area contributed by atoms with Gasteiger partial charge in [0.2, 0.25) is 0 Å². The lowest BCUT2D eigenvalue weighted by atomic mass is 9.32. The molecule has 5 fully saturated rings. The fraction of sp³-hybridized carbons (Fsp3) is 0.848. The maximum Gasteiger partial charge on any atom is 0.312 e. The Bertz CT molecular complexity index is 1030. The molecule has 0 spiro atoms. The number of hydrogen-bond acceptors (Lipinski definition) is 5. The second-order valence-electron chi connectivity index (χ2n) is 15.1. The van der Waals surface area contributed by atoms with Gasteiger partial charge in [-0.2, -0.15) is 0 Å². The molecule has 0 aromatic heterocycles. The van der Waals surface area contributed by atoms with E-state index in [1.54, 1.807) is 0 Å². The van der Waals surface area contributed by atoms with Crippen LogP contribution in [0.15, 0.2) is 12.2 Å². The fourth-order valence-corrected chi connectivity index (χ4v) is 12.0. The molecule has 0 N–H and O–H groups in total. The zero-order chi connectivity index (χ0) is 27.9. The second-order valence-corrected chi connectivity index (χ2v) is 15.1. The average molecular weight is 527 g/mol. The standard InChI is InChI=1S/C33H50O5/c1-20(19-34)22-11-16-33(28(36)37-8)18-17-31(6)23(27(22)33)9-10-25-30(5)14-13-26(38-21(2)35)29(3,4)24(30)12-15-32(25,31)7/h19,22-27H,1,9-18H2,2-8H3/t22-,23?,24?,25?,26?,27?,30?,31+,32?,33?/m0/s1. The van der Waals surface area contributed by atoms with Crippen LogP contribution in [0.4, 0.5) is 0 Å². The van der Waals surface area contributed by atoms with Gasteiger partial charge in [-0.3, -0.25) is 14.4 Å². The fourth-order valence-electron chi connectivity index (χ4n) is 12.0. The summed E-state index contributed by atoms with van der Waals surface area (Å²) >= 11 is 0. The quantitative estimate of drug-likeness (QED) is 0.226. The summed E-state index contributed by atoms with van der Waals surface area (Å²) in [6, 6.07) is 0. The molecule has 5 rings (SSSR count). The van der Waals surface area contributed by atoms with Gasteiger partial charge < -0.3 is 9.47 Å². The molecular formula is C33H50O5. The minimum atomic E-state index is -0.482. The third-order valence-corrected chi connectivity index (χ3v) is 13.9. The van der Waals surface area contributed by atoms with E-state index in [0.29, 0.717) is 23.3 Å². The van der Waals surface area contributed by atoms with Crippen LogP contribution in [0.25, 0.3) is 0 Å². The molecule has 0 aromatic carbocycles. The van der Waals surface area contributed by atoms with Gasteiger partial charge in [-0.15, -0.1) is 0 Å². The van der Waals surface area contributed by atoms with E-state index < -0.39 is 5.41 Å². The Morgan fingerprint density at radius 1 is 0.842 bits per heavy atom. The lowest BCUT2D eigenvalue weighted by molar-refractivity contribution is -0.250. The van der Waals surface area contributed by atoms with Gasteiger partial charge in [-0.25, -0.2) is 0 Å². The summed E-state index contributed by atoms with van der Waals surface area (Å²) in [7, 11) is 1.53. The first-order valence-corrected chi connectivity index (χ1v) is 15.1. The van der Waals surface area contributed by atoms with Crippen LogP contribution in [0.3, 0.4) is 0 Å². The molecule has 0 saturated heterocycles.